The van der Waals surface area contributed by atoms with Crippen LogP contribution in [0.1, 0.15) is 30.9 Å². The molecule has 1 N–H and O–H groups in total. The van der Waals surface area contributed by atoms with Crippen molar-refractivity contribution in [1.29, 1.82) is 0 Å². The summed E-state index contributed by atoms with van der Waals surface area (Å²) in [5, 5.41) is 10.1. The molecule has 0 saturated heterocycles. The minimum atomic E-state index is -0.902. The summed E-state index contributed by atoms with van der Waals surface area (Å²) in [5.41, 5.74) is 3.33. The van der Waals surface area contributed by atoms with Crippen LogP contribution in [0.5, 0.6) is 11.5 Å². The van der Waals surface area contributed by atoms with Crippen molar-refractivity contribution in [2.75, 3.05) is 6.79 Å². The summed E-state index contributed by atoms with van der Waals surface area (Å²) in [6.45, 7) is 4.43. The number of ether oxygens (including phenoxy) is 2. The van der Waals surface area contributed by atoms with Gasteiger partial charge in [-0.25, -0.2) is 0 Å². The highest BCUT2D eigenvalue weighted by molar-refractivity contribution is 5.93. The Morgan fingerprint density at radius 1 is 1.12 bits per heavy atom. The normalized spacial score (nSPS) is 12.9. The summed E-state index contributed by atoms with van der Waals surface area (Å²) in [4.78, 5) is 11.4. The molecule has 0 bridgehead atoms. The standard InChI is InChI=1S/C20H18O5/c1-11(2)12-3-5-13(6-4-12)20-15(8-19(21)22)14-7-17-18(24-10-23-17)9-16(14)25-20/h3-7,9,11H,8,10H2,1-2H3,(H,21,22). The highest BCUT2D eigenvalue weighted by atomic mass is 16.7. The molecule has 0 saturated carbocycles. The van der Waals surface area contributed by atoms with Crippen molar-refractivity contribution < 1.29 is 23.8 Å². The number of carboxylic acid groups (broad SMARTS) is 1. The van der Waals surface area contributed by atoms with Gasteiger partial charge in [0.1, 0.15) is 11.3 Å². The Bertz CT molecular complexity index is 950. The third kappa shape index (κ3) is 2.71. The average Bonchev–Trinajstić information content (AvgIpc) is 3.17. The van der Waals surface area contributed by atoms with E-state index in [0.717, 1.165) is 10.9 Å². The van der Waals surface area contributed by atoms with E-state index in [1.807, 2.05) is 24.3 Å². The summed E-state index contributed by atoms with van der Waals surface area (Å²) < 4.78 is 16.8. The molecular weight excluding hydrogens is 320 g/mol. The first kappa shape index (κ1) is 15.6. The number of rotatable bonds is 4. The molecule has 2 heterocycles. The SMILES string of the molecule is CC(C)c1ccc(-c2oc3cc4c(cc3c2CC(=O)O)OCO4)cc1. The van der Waals surface area contributed by atoms with Crippen LogP contribution in [-0.4, -0.2) is 17.9 Å². The lowest BCUT2D eigenvalue weighted by Gasteiger charge is -2.06. The molecule has 2 aromatic carbocycles. The second kappa shape index (κ2) is 5.84. The van der Waals surface area contributed by atoms with Crippen molar-refractivity contribution in [3.05, 3.63) is 47.5 Å². The fourth-order valence-electron chi connectivity index (χ4n) is 3.12. The van der Waals surface area contributed by atoms with Gasteiger partial charge in [0, 0.05) is 22.6 Å². The predicted octanol–water partition coefficient (Wildman–Crippen LogP) is 4.58. The number of hydrogen-bond donors (Lipinski definition) is 1. The molecule has 1 aliphatic rings. The molecule has 3 aromatic rings. The Morgan fingerprint density at radius 3 is 2.44 bits per heavy atom. The number of carboxylic acids is 1. The predicted molar refractivity (Wildman–Crippen MR) is 93.2 cm³/mol. The van der Waals surface area contributed by atoms with Crippen LogP contribution in [0.4, 0.5) is 0 Å². The zero-order valence-electron chi connectivity index (χ0n) is 14.0. The molecule has 0 radical (unpaired) electrons. The fourth-order valence-corrected chi connectivity index (χ4v) is 3.12. The van der Waals surface area contributed by atoms with Crippen LogP contribution in [-0.2, 0) is 11.2 Å². The number of hydrogen-bond acceptors (Lipinski definition) is 4. The van der Waals surface area contributed by atoms with Gasteiger partial charge in [0.2, 0.25) is 6.79 Å². The maximum absolute atomic E-state index is 11.4. The lowest BCUT2D eigenvalue weighted by Crippen LogP contribution is -2.00. The molecule has 0 spiro atoms. The monoisotopic (exact) mass is 338 g/mol. The summed E-state index contributed by atoms with van der Waals surface area (Å²) in [6, 6.07) is 11.6. The number of furan rings is 1. The highest BCUT2D eigenvalue weighted by Gasteiger charge is 2.23. The van der Waals surface area contributed by atoms with Crippen LogP contribution < -0.4 is 9.47 Å². The van der Waals surface area contributed by atoms with Crippen molar-refractivity contribution >= 4 is 16.9 Å². The summed E-state index contributed by atoms with van der Waals surface area (Å²) in [6.07, 6.45) is -0.117. The van der Waals surface area contributed by atoms with Gasteiger partial charge in [-0.3, -0.25) is 4.79 Å². The Kier molecular flexibility index (Phi) is 3.64. The van der Waals surface area contributed by atoms with E-state index >= 15 is 0 Å². The molecular formula is C20H18O5. The van der Waals surface area contributed by atoms with Crippen molar-refractivity contribution in [1.82, 2.24) is 0 Å². The van der Waals surface area contributed by atoms with Crippen LogP contribution in [0, 0.1) is 0 Å². The van der Waals surface area contributed by atoms with E-state index in [9.17, 15) is 9.90 Å². The molecule has 0 amide bonds. The van der Waals surface area contributed by atoms with Crippen molar-refractivity contribution in [3.63, 3.8) is 0 Å². The van der Waals surface area contributed by atoms with Crippen molar-refractivity contribution in [3.8, 4) is 22.8 Å². The van der Waals surface area contributed by atoms with Gasteiger partial charge in [-0.15, -0.1) is 0 Å². The first-order valence-electron chi connectivity index (χ1n) is 8.20. The number of carbonyl (C=O) groups is 1. The van der Waals surface area contributed by atoms with Crippen LogP contribution in [0.3, 0.4) is 0 Å². The van der Waals surface area contributed by atoms with Crippen LogP contribution in [0.25, 0.3) is 22.3 Å². The van der Waals surface area contributed by atoms with Gasteiger partial charge in [-0.05, 0) is 17.5 Å². The van der Waals surface area contributed by atoms with Gasteiger partial charge >= 0.3 is 5.97 Å². The fraction of sp³-hybridized carbons (Fsp3) is 0.250. The van der Waals surface area contributed by atoms with E-state index in [0.29, 0.717) is 34.3 Å². The maximum atomic E-state index is 11.4. The van der Waals surface area contributed by atoms with Gasteiger partial charge in [-0.2, -0.15) is 0 Å². The third-order valence-electron chi connectivity index (χ3n) is 4.45. The van der Waals surface area contributed by atoms with Gasteiger partial charge < -0.3 is 19.0 Å². The second-order valence-electron chi connectivity index (χ2n) is 6.46. The second-order valence-corrected chi connectivity index (χ2v) is 6.46. The van der Waals surface area contributed by atoms with E-state index in [-0.39, 0.29) is 13.2 Å². The molecule has 1 aliphatic heterocycles. The van der Waals surface area contributed by atoms with Gasteiger partial charge in [-0.1, -0.05) is 38.1 Å². The first-order chi connectivity index (χ1) is 12.0. The Morgan fingerprint density at radius 2 is 1.80 bits per heavy atom. The number of fused-ring (bicyclic) bond motifs is 2. The number of aliphatic carboxylic acids is 1. The Balaban J connectivity index is 1.88. The van der Waals surface area contributed by atoms with E-state index in [1.165, 1.54) is 5.56 Å². The smallest absolute Gasteiger partial charge is 0.307 e. The lowest BCUT2D eigenvalue weighted by atomic mass is 9.98. The van der Waals surface area contributed by atoms with Crippen molar-refractivity contribution in [2.45, 2.75) is 26.2 Å². The average molecular weight is 338 g/mol. The van der Waals surface area contributed by atoms with Gasteiger partial charge in [0.15, 0.2) is 11.5 Å². The molecule has 1 aromatic heterocycles. The summed E-state index contributed by atoms with van der Waals surface area (Å²) in [7, 11) is 0. The molecule has 25 heavy (non-hydrogen) atoms. The summed E-state index contributed by atoms with van der Waals surface area (Å²) >= 11 is 0. The molecule has 4 rings (SSSR count). The Labute approximate surface area is 144 Å². The molecule has 0 aliphatic carbocycles. The van der Waals surface area contributed by atoms with Crippen molar-refractivity contribution in [2.24, 2.45) is 0 Å². The van der Waals surface area contributed by atoms with E-state index in [2.05, 4.69) is 13.8 Å². The van der Waals surface area contributed by atoms with E-state index < -0.39 is 5.97 Å². The molecule has 5 nitrogen and oxygen atoms in total. The lowest BCUT2D eigenvalue weighted by molar-refractivity contribution is -0.136. The zero-order valence-corrected chi connectivity index (χ0v) is 14.0. The summed E-state index contributed by atoms with van der Waals surface area (Å²) in [5.74, 6) is 1.34. The van der Waals surface area contributed by atoms with Crippen LogP contribution in [0.2, 0.25) is 0 Å². The Hall–Kier alpha value is -2.95. The van der Waals surface area contributed by atoms with E-state index in [4.69, 9.17) is 13.9 Å². The maximum Gasteiger partial charge on any atom is 0.307 e. The quantitative estimate of drug-likeness (QED) is 0.754. The third-order valence-corrected chi connectivity index (χ3v) is 4.45. The molecule has 0 atom stereocenters. The van der Waals surface area contributed by atoms with Gasteiger partial charge in [0.05, 0.1) is 6.42 Å². The largest absolute Gasteiger partial charge is 0.481 e. The van der Waals surface area contributed by atoms with Crippen LogP contribution >= 0.6 is 0 Å². The van der Waals surface area contributed by atoms with E-state index in [1.54, 1.807) is 12.1 Å². The zero-order chi connectivity index (χ0) is 17.6. The highest BCUT2D eigenvalue weighted by Crippen LogP contribution is 2.42. The molecule has 0 unspecified atom stereocenters. The molecule has 0 fully saturated rings. The number of benzene rings is 2. The topological polar surface area (TPSA) is 68.9 Å². The molecule has 128 valence electrons. The van der Waals surface area contributed by atoms with Gasteiger partial charge in [0.25, 0.3) is 0 Å². The molecule has 5 heteroatoms. The minimum Gasteiger partial charge on any atom is -0.481 e. The van der Waals surface area contributed by atoms with Crippen LogP contribution in [0.15, 0.2) is 40.8 Å². The first-order valence-corrected chi connectivity index (χ1v) is 8.20. The minimum absolute atomic E-state index is 0.117.